The first-order chi connectivity index (χ1) is 15.8. The Morgan fingerprint density at radius 2 is 1.58 bits per heavy atom. The summed E-state index contributed by atoms with van der Waals surface area (Å²) < 4.78 is 0. The zero-order valence-corrected chi connectivity index (χ0v) is 18.1. The Bertz CT molecular complexity index is 1230. The number of benzene rings is 3. The number of imide groups is 1. The fraction of sp³-hybridized carbons (Fsp3) is 0.160. The largest absolute Gasteiger partial charge is 0.335 e. The lowest BCUT2D eigenvalue weighted by molar-refractivity contribution is -0.384. The van der Waals surface area contributed by atoms with Gasteiger partial charge in [-0.2, -0.15) is 0 Å². The minimum absolute atomic E-state index is 0.0299. The van der Waals surface area contributed by atoms with Gasteiger partial charge >= 0.3 is 0 Å². The topological polar surface area (TPSA) is 101 Å². The van der Waals surface area contributed by atoms with E-state index < -0.39 is 4.92 Å². The van der Waals surface area contributed by atoms with E-state index in [0.717, 1.165) is 5.56 Å². The monoisotopic (exact) mass is 443 g/mol. The van der Waals surface area contributed by atoms with Crippen LogP contribution in [0.3, 0.4) is 0 Å². The van der Waals surface area contributed by atoms with E-state index in [0.29, 0.717) is 22.3 Å². The van der Waals surface area contributed by atoms with E-state index in [1.807, 2.05) is 0 Å². The summed E-state index contributed by atoms with van der Waals surface area (Å²) >= 11 is 0. The van der Waals surface area contributed by atoms with Crippen LogP contribution in [0.2, 0.25) is 0 Å². The minimum atomic E-state index is -0.467. The molecule has 1 unspecified atom stereocenters. The van der Waals surface area contributed by atoms with Crippen molar-refractivity contribution >= 4 is 23.4 Å². The normalized spacial score (nSPS) is 13.6. The van der Waals surface area contributed by atoms with Crippen LogP contribution in [0.1, 0.15) is 55.2 Å². The molecule has 0 saturated carbocycles. The lowest BCUT2D eigenvalue weighted by Gasteiger charge is -2.25. The molecule has 3 aromatic carbocycles. The molecule has 3 aromatic rings. The molecule has 0 spiro atoms. The van der Waals surface area contributed by atoms with Crippen LogP contribution in [0.4, 0.5) is 5.69 Å². The highest BCUT2D eigenvalue weighted by atomic mass is 16.6. The summed E-state index contributed by atoms with van der Waals surface area (Å²) in [5.74, 6) is -0.913. The average Bonchev–Trinajstić information content (AvgIpc) is 3.08. The summed E-state index contributed by atoms with van der Waals surface area (Å²) in [6.07, 6.45) is 0. The quantitative estimate of drug-likeness (QED) is 0.322. The van der Waals surface area contributed by atoms with Gasteiger partial charge in [-0.15, -0.1) is 0 Å². The molecule has 0 saturated heterocycles. The van der Waals surface area contributed by atoms with E-state index in [1.165, 1.54) is 21.9 Å². The number of carbonyl (C=O) groups excluding carboxylic acids is 3. The summed E-state index contributed by atoms with van der Waals surface area (Å²) in [6.45, 7) is 1.91. The minimum Gasteiger partial charge on any atom is -0.335 e. The average molecular weight is 443 g/mol. The van der Waals surface area contributed by atoms with E-state index >= 15 is 0 Å². The van der Waals surface area contributed by atoms with E-state index in [2.05, 4.69) is 0 Å². The third-order valence-electron chi connectivity index (χ3n) is 5.88. The Hall–Kier alpha value is -4.33. The molecule has 166 valence electrons. The Balaban J connectivity index is 1.46. The summed E-state index contributed by atoms with van der Waals surface area (Å²) in [6, 6.07) is 19.2. The molecule has 0 bridgehead atoms. The number of hydrogen-bond donors (Lipinski definition) is 0. The Morgan fingerprint density at radius 1 is 0.970 bits per heavy atom. The van der Waals surface area contributed by atoms with Crippen molar-refractivity contribution in [2.45, 2.75) is 19.5 Å². The Labute approximate surface area is 190 Å². The molecule has 4 rings (SSSR count). The van der Waals surface area contributed by atoms with Gasteiger partial charge in [0, 0.05) is 24.7 Å². The molecule has 1 aliphatic heterocycles. The molecule has 0 aliphatic carbocycles. The SMILES string of the molecule is CC(c1cccc([N+](=O)[O-])c1)N(C)C(=O)c1ccc(CN2C(=O)c3ccccc3C2=O)cc1. The molecule has 8 nitrogen and oxygen atoms in total. The van der Waals surface area contributed by atoms with E-state index in [9.17, 15) is 24.5 Å². The molecule has 1 aliphatic rings. The van der Waals surface area contributed by atoms with Gasteiger partial charge in [0.25, 0.3) is 23.4 Å². The predicted octanol–water partition coefficient (Wildman–Crippen LogP) is 4.22. The second-order valence-corrected chi connectivity index (χ2v) is 7.88. The van der Waals surface area contributed by atoms with E-state index in [1.54, 1.807) is 74.6 Å². The number of nitro benzene ring substituents is 1. The maximum Gasteiger partial charge on any atom is 0.269 e. The van der Waals surface area contributed by atoms with Crippen LogP contribution >= 0.6 is 0 Å². The van der Waals surface area contributed by atoms with Gasteiger partial charge in [0.1, 0.15) is 0 Å². The van der Waals surface area contributed by atoms with Gasteiger partial charge in [0.15, 0.2) is 0 Å². The first-order valence-electron chi connectivity index (χ1n) is 10.3. The van der Waals surface area contributed by atoms with Crippen molar-refractivity contribution in [2.24, 2.45) is 0 Å². The molecule has 1 atom stereocenters. The molecule has 3 amide bonds. The molecule has 0 radical (unpaired) electrons. The van der Waals surface area contributed by atoms with Crippen LogP contribution in [0.25, 0.3) is 0 Å². The number of rotatable bonds is 6. The Morgan fingerprint density at radius 3 is 2.15 bits per heavy atom. The molecule has 8 heteroatoms. The van der Waals surface area contributed by atoms with Crippen LogP contribution in [0, 0.1) is 10.1 Å². The fourth-order valence-electron chi connectivity index (χ4n) is 3.82. The lowest BCUT2D eigenvalue weighted by Crippen LogP contribution is -2.30. The third kappa shape index (κ3) is 4.10. The number of non-ortho nitro benzene ring substituents is 1. The van der Waals surface area contributed by atoms with Gasteiger partial charge < -0.3 is 4.90 Å². The molecular weight excluding hydrogens is 422 g/mol. The highest BCUT2D eigenvalue weighted by molar-refractivity contribution is 6.21. The summed E-state index contributed by atoms with van der Waals surface area (Å²) in [4.78, 5) is 51.3. The summed E-state index contributed by atoms with van der Waals surface area (Å²) in [5, 5.41) is 11.0. The summed E-state index contributed by atoms with van der Waals surface area (Å²) in [7, 11) is 1.64. The molecule has 1 heterocycles. The second kappa shape index (κ2) is 8.66. The van der Waals surface area contributed by atoms with Crippen LogP contribution in [0.5, 0.6) is 0 Å². The zero-order valence-electron chi connectivity index (χ0n) is 18.1. The van der Waals surface area contributed by atoms with Crippen molar-refractivity contribution in [1.82, 2.24) is 9.80 Å². The number of hydrogen-bond acceptors (Lipinski definition) is 5. The molecule has 0 fully saturated rings. The molecular formula is C25H21N3O5. The lowest BCUT2D eigenvalue weighted by atomic mass is 10.0. The maximum absolute atomic E-state index is 13.0. The number of nitrogens with zero attached hydrogens (tertiary/aromatic N) is 3. The van der Waals surface area contributed by atoms with Gasteiger partial charge in [0.2, 0.25) is 0 Å². The van der Waals surface area contributed by atoms with Gasteiger partial charge in [-0.3, -0.25) is 29.4 Å². The standard InChI is InChI=1S/C25H21N3O5/c1-16(19-6-5-7-20(14-19)28(32)33)26(2)23(29)18-12-10-17(11-13-18)15-27-24(30)21-8-3-4-9-22(21)25(27)31/h3-14,16H,15H2,1-2H3. The van der Waals surface area contributed by atoms with Gasteiger partial charge in [-0.05, 0) is 42.3 Å². The number of amides is 3. The van der Waals surface area contributed by atoms with Crippen molar-refractivity contribution in [1.29, 1.82) is 0 Å². The summed E-state index contributed by atoms with van der Waals surface area (Å²) in [5.41, 5.74) is 2.56. The molecule has 33 heavy (non-hydrogen) atoms. The highest BCUT2D eigenvalue weighted by Crippen LogP contribution is 2.26. The van der Waals surface area contributed by atoms with Crippen LogP contribution in [-0.2, 0) is 6.54 Å². The van der Waals surface area contributed by atoms with E-state index in [-0.39, 0.29) is 36.0 Å². The van der Waals surface area contributed by atoms with Crippen LogP contribution < -0.4 is 0 Å². The second-order valence-electron chi connectivity index (χ2n) is 7.88. The molecule has 0 aromatic heterocycles. The number of nitro groups is 1. The first kappa shape index (κ1) is 21.9. The third-order valence-corrected chi connectivity index (χ3v) is 5.88. The number of carbonyl (C=O) groups is 3. The van der Waals surface area contributed by atoms with Crippen molar-refractivity contribution in [2.75, 3.05) is 7.05 Å². The number of fused-ring (bicyclic) bond motifs is 1. The fourth-order valence-corrected chi connectivity index (χ4v) is 3.82. The van der Waals surface area contributed by atoms with Gasteiger partial charge in [-0.25, -0.2) is 0 Å². The zero-order chi connectivity index (χ0) is 23.7. The van der Waals surface area contributed by atoms with Crippen molar-refractivity contribution in [3.05, 3.63) is 111 Å². The van der Waals surface area contributed by atoms with Crippen LogP contribution in [-0.4, -0.2) is 39.5 Å². The predicted molar refractivity (Wildman–Crippen MR) is 121 cm³/mol. The maximum atomic E-state index is 13.0. The van der Waals surface area contributed by atoms with E-state index in [4.69, 9.17) is 0 Å². The van der Waals surface area contributed by atoms with Gasteiger partial charge in [-0.1, -0.05) is 36.4 Å². The first-order valence-corrected chi connectivity index (χ1v) is 10.3. The van der Waals surface area contributed by atoms with Crippen molar-refractivity contribution in [3.63, 3.8) is 0 Å². The smallest absolute Gasteiger partial charge is 0.269 e. The van der Waals surface area contributed by atoms with Crippen molar-refractivity contribution in [3.8, 4) is 0 Å². The van der Waals surface area contributed by atoms with Crippen LogP contribution in [0.15, 0.2) is 72.8 Å². The van der Waals surface area contributed by atoms with Gasteiger partial charge in [0.05, 0.1) is 28.6 Å². The Kier molecular flexibility index (Phi) is 5.74. The highest BCUT2D eigenvalue weighted by Gasteiger charge is 2.35. The molecule has 0 N–H and O–H groups in total. The van der Waals surface area contributed by atoms with Crippen molar-refractivity contribution < 1.29 is 19.3 Å².